The van der Waals surface area contributed by atoms with Crippen molar-refractivity contribution in [1.29, 1.82) is 0 Å². The number of aromatic nitrogens is 1. The molecule has 1 heterocycles. The van der Waals surface area contributed by atoms with Gasteiger partial charge < -0.3 is 19.6 Å². The summed E-state index contributed by atoms with van der Waals surface area (Å²) in [7, 11) is 0. The average molecular weight is 472 g/mol. The van der Waals surface area contributed by atoms with Gasteiger partial charge in [-0.2, -0.15) is 0 Å². The number of ether oxygens (including phenoxy) is 2. The predicted molar refractivity (Wildman–Crippen MR) is 121 cm³/mol. The Morgan fingerprint density at radius 3 is 2.70 bits per heavy atom. The van der Waals surface area contributed by atoms with Crippen molar-refractivity contribution in [2.45, 2.75) is 45.4 Å². The van der Waals surface area contributed by atoms with Crippen LogP contribution in [0.4, 0.5) is 0 Å². The number of carboxylic acid groups (broad SMARTS) is 1. The van der Waals surface area contributed by atoms with Crippen LogP contribution in [0, 0.1) is 12.8 Å². The van der Waals surface area contributed by atoms with Crippen molar-refractivity contribution in [3.05, 3.63) is 52.1 Å². The Morgan fingerprint density at radius 1 is 1.17 bits per heavy atom. The Hall–Kier alpha value is -2.47. The fraction of sp³-hybridized carbons (Fsp3) is 0.375. The van der Waals surface area contributed by atoms with Gasteiger partial charge in [0.2, 0.25) is 0 Å². The van der Waals surface area contributed by atoms with Crippen molar-refractivity contribution >= 4 is 32.8 Å². The van der Waals surface area contributed by atoms with Gasteiger partial charge in [0, 0.05) is 17.1 Å². The first-order valence-corrected chi connectivity index (χ1v) is 11.2. The number of benzene rings is 2. The Kier molecular flexibility index (Phi) is 6.32. The molecule has 1 aromatic heterocycles. The lowest BCUT2D eigenvalue weighted by atomic mass is 9.85. The van der Waals surface area contributed by atoms with Crippen LogP contribution in [0.15, 0.2) is 41.0 Å². The first kappa shape index (κ1) is 20.8. The van der Waals surface area contributed by atoms with E-state index in [9.17, 15) is 4.79 Å². The highest BCUT2D eigenvalue weighted by Gasteiger charge is 2.17. The maximum absolute atomic E-state index is 10.7. The molecule has 0 atom stereocenters. The minimum Gasteiger partial charge on any atom is -0.482 e. The molecule has 158 valence electrons. The quantitative estimate of drug-likeness (QED) is 0.406. The molecule has 4 rings (SSSR count). The molecule has 1 aliphatic carbocycles. The molecular weight excluding hydrogens is 446 g/mol. The first-order valence-electron chi connectivity index (χ1n) is 10.4. The largest absolute Gasteiger partial charge is 0.482 e. The van der Waals surface area contributed by atoms with Crippen LogP contribution in [0.2, 0.25) is 0 Å². The second-order valence-corrected chi connectivity index (χ2v) is 8.92. The standard InChI is InChI=1S/C24H26BrNO4/c1-15-9-19(29-14-23(27)28)12-21(25)24(15)30-18-7-8-22-20(11-18)17(13-26-22)10-16-5-3-2-4-6-16/h7-9,11-13,16,26H,2-6,10,14H2,1H3,(H,27,28). The fourth-order valence-corrected chi connectivity index (χ4v) is 4.89. The van der Waals surface area contributed by atoms with Crippen LogP contribution in [0.5, 0.6) is 17.2 Å². The molecule has 2 aromatic carbocycles. The number of carboxylic acids is 1. The van der Waals surface area contributed by atoms with E-state index in [1.54, 1.807) is 12.1 Å². The molecule has 6 heteroatoms. The summed E-state index contributed by atoms with van der Waals surface area (Å²) in [5, 5.41) is 10.0. The minimum atomic E-state index is -1.01. The molecule has 5 nitrogen and oxygen atoms in total. The molecular formula is C24H26BrNO4. The van der Waals surface area contributed by atoms with Crippen molar-refractivity contribution in [1.82, 2.24) is 4.98 Å². The van der Waals surface area contributed by atoms with Gasteiger partial charge in [-0.1, -0.05) is 32.1 Å². The highest BCUT2D eigenvalue weighted by atomic mass is 79.9. The Morgan fingerprint density at radius 2 is 1.97 bits per heavy atom. The van der Waals surface area contributed by atoms with Crippen molar-refractivity contribution in [3.8, 4) is 17.2 Å². The lowest BCUT2D eigenvalue weighted by Gasteiger charge is -2.21. The van der Waals surface area contributed by atoms with Gasteiger partial charge in [0.05, 0.1) is 4.47 Å². The summed E-state index contributed by atoms with van der Waals surface area (Å²) >= 11 is 3.53. The van der Waals surface area contributed by atoms with E-state index in [2.05, 4.69) is 39.2 Å². The third-order valence-electron chi connectivity index (χ3n) is 5.76. The van der Waals surface area contributed by atoms with Gasteiger partial charge >= 0.3 is 5.97 Å². The van der Waals surface area contributed by atoms with E-state index in [-0.39, 0.29) is 6.61 Å². The molecule has 0 spiro atoms. The third kappa shape index (κ3) is 4.81. The minimum absolute atomic E-state index is 0.375. The van der Waals surface area contributed by atoms with Crippen molar-refractivity contribution in [2.24, 2.45) is 5.92 Å². The number of carbonyl (C=O) groups is 1. The third-order valence-corrected chi connectivity index (χ3v) is 6.35. The summed E-state index contributed by atoms with van der Waals surface area (Å²) in [6.07, 6.45) is 9.97. The van der Waals surface area contributed by atoms with Crippen LogP contribution >= 0.6 is 15.9 Å². The van der Waals surface area contributed by atoms with Crippen molar-refractivity contribution in [2.75, 3.05) is 6.61 Å². The molecule has 30 heavy (non-hydrogen) atoms. The van der Waals surface area contributed by atoms with E-state index < -0.39 is 5.97 Å². The van der Waals surface area contributed by atoms with Crippen LogP contribution < -0.4 is 9.47 Å². The van der Waals surface area contributed by atoms with Crippen molar-refractivity contribution in [3.63, 3.8) is 0 Å². The van der Waals surface area contributed by atoms with E-state index in [1.165, 1.54) is 43.1 Å². The lowest BCUT2D eigenvalue weighted by Crippen LogP contribution is -2.09. The maximum Gasteiger partial charge on any atom is 0.341 e. The summed E-state index contributed by atoms with van der Waals surface area (Å²) in [5.74, 6) is 1.73. The number of aryl methyl sites for hydroxylation is 1. The van der Waals surface area contributed by atoms with Crippen LogP contribution in [0.25, 0.3) is 10.9 Å². The number of hydrogen-bond acceptors (Lipinski definition) is 3. The molecule has 1 aliphatic rings. The smallest absolute Gasteiger partial charge is 0.341 e. The zero-order valence-electron chi connectivity index (χ0n) is 17.0. The van der Waals surface area contributed by atoms with E-state index >= 15 is 0 Å². The molecule has 0 aliphatic heterocycles. The molecule has 1 fully saturated rings. The second-order valence-electron chi connectivity index (χ2n) is 8.07. The van der Waals surface area contributed by atoms with Crippen LogP contribution in [0.3, 0.4) is 0 Å². The monoisotopic (exact) mass is 471 g/mol. The van der Waals surface area contributed by atoms with Crippen LogP contribution in [0.1, 0.15) is 43.2 Å². The number of rotatable bonds is 7. The number of fused-ring (bicyclic) bond motifs is 1. The Balaban J connectivity index is 1.55. The molecule has 0 amide bonds. The number of nitrogens with one attached hydrogen (secondary N) is 1. The van der Waals surface area contributed by atoms with E-state index in [1.807, 2.05) is 13.0 Å². The van der Waals surface area contributed by atoms with E-state index in [4.69, 9.17) is 14.6 Å². The highest BCUT2D eigenvalue weighted by Crippen LogP contribution is 2.38. The zero-order chi connectivity index (χ0) is 21.1. The normalized spacial score (nSPS) is 14.7. The lowest BCUT2D eigenvalue weighted by molar-refractivity contribution is -0.139. The van der Waals surface area contributed by atoms with Gasteiger partial charge in [-0.3, -0.25) is 0 Å². The van der Waals surface area contributed by atoms with Gasteiger partial charge in [0.15, 0.2) is 6.61 Å². The molecule has 0 unspecified atom stereocenters. The number of aliphatic carboxylic acids is 1. The maximum atomic E-state index is 10.7. The fourth-order valence-electron chi connectivity index (χ4n) is 4.27. The SMILES string of the molecule is Cc1cc(OCC(=O)O)cc(Br)c1Oc1ccc2[nH]cc(CC3CCCCC3)c2c1. The van der Waals surface area contributed by atoms with Gasteiger partial charge in [-0.25, -0.2) is 4.79 Å². The number of H-pyrrole nitrogens is 1. The summed E-state index contributed by atoms with van der Waals surface area (Å²) in [5.41, 5.74) is 3.35. The van der Waals surface area contributed by atoms with E-state index in [0.29, 0.717) is 11.5 Å². The van der Waals surface area contributed by atoms with Crippen LogP contribution in [-0.4, -0.2) is 22.7 Å². The van der Waals surface area contributed by atoms with Crippen molar-refractivity contribution < 1.29 is 19.4 Å². The first-order chi connectivity index (χ1) is 14.5. The molecule has 0 bridgehead atoms. The average Bonchev–Trinajstić information content (AvgIpc) is 3.12. The van der Waals surface area contributed by atoms with E-state index in [0.717, 1.165) is 33.6 Å². The topological polar surface area (TPSA) is 71.6 Å². The Labute approximate surface area is 184 Å². The summed E-state index contributed by atoms with van der Waals surface area (Å²) in [6.45, 7) is 1.54. The number of hydrogen-bond donors (Lipinski definition) is 2. The molecule has 3 aromatic rings. The van der Waals surface area contributed by atoms with Gasteiger partial charge in [0.25, 0.3) is 0 Å². The van der Waals surface area contributed by atoms with Gasteiger partial charge in [-0.05, 0) is 76.7 Å². The molecule has 1 saturated carbocycles. The second kappa shape index (κ2) is 9.13. The molecule has 2 N–H and O–H groups in total. The molecule has 0 radical (unpaired) electrons. The predicted octanol–water partition coefficient (Wildman–Crippen LogP) is 6.62. The van der Waals surface area contributed by atoms with Crippen LogP contribution in [-0.2, 0) is 11.2 Å². The van der Waals surface area contributed by atoms with Gasteiger partial charge in [-0.15, -0.1) is 0 Å². The molecule has 0 saturated heterocycles. The summed E-state index contributed by atoms with van der Waals surface area (Å²) < 4.78 is 12.2. The summed E-state index contributed by atoms with van der Waals surface area (Å²) in [6, 6.07) is 9.64. The number of halogens is 1. The number of aromatic amines is 1. The Bertz CT molecular complexity index is 1030. The highest BCUT2D eigenvalue weighted by molar-refractivity contribution is 9.10. The van der Waals surface area contributed by atoms with Gasteiger partial charge in [0.1, 0.15) is 17.2 Å². The zero-order valence-corrected chi connectivity index (χ0v) is 18.6. The summed E-state index contributed by atoms with van der Waals surface area (Å²) in [4.78, 5) is 14.1.